The van der Waals surface area contributed by atoms with Gasteiger partial charge in [0.1, 0.15) is 10.6 Å². The van der Waals surface area contributed by atoms with Crippen molar-refractivity contribution in [3.05, 3.63) is 107 Å². The van der Waals surface area contributed by atoms with Crippen molar-refractivity contribution in [2.24, 2.45) is 0 Å². The summed E-state index contributed by atoms with van der Waals surface area (Å²) in [4.78, 5) is 11.2. The molecule has 0 unspecified atom stereocenters. The molecule has 1 aliphatic rings. The molecule has 1 aliphatic heterocycles. The number of methoxy groups -OCH3 is 1. The second kappa shape index (κ2) is 11.1. The average molecular weight is 696 g/mol. The predicted molar refractivity (Wildman–Crippen MR) is 170 cm³/mol. The summed E-state index contributed by atoms with van der Waals surface area (Å²) in [7, 11) is -12.0. The Morgan fingerprint density at radius 3 is 2.06 bits per heavy atom. The van der Waals surface area contributed by atoms with Crippen LogP contribution in [0.1, 0.15) is 18.4 Å². The Morgan fingerprint density at radius 2 is 1.47 bits per heavy atom. The molecular weight excluding hydrogens is 665 g/mol. The Balaban J connectivity index is 1.10. The molecular formula is C31H30F5N5O4S2. The van der Waals surface area contributed by atoms with E-state index in [2.05, 4.69) is 10.4 Å². The van der Waals surface area contributed by atoms with Gasteiger partial charge in [-0.05, 0) is 90.2 Å². The van der Waals surface area contributed by atoms with Gasteiger partial charge in [-0.15, -0.1) is 5.10 Å². The number of anilines is 1. The van der Waals surface area contributed by atoms with Crippen LogP contribution in [0.4, 0.5) is 25.1 Å². The van der Waals surface area contributed by atoms with Gasteiger partial charge in [-0.3, -0.25) is 0 Å². The number of benzene rings is 3. The Bertz CT molecular complexity index is 2100. The maximum absolute atomic E-state index is 13.4. The predicted octanol–water partition coefficient (Wildman–Crippen LogP) is 7.14. The lowest BCUT2D eigenvalue weighted by Gasteiger charge is -2.40. The zero-order valence-corrected chi connectivity index (χ0v) is 26.5. The first-order chi connectivity index (χ1) is 22.0. The van der Waals surface area contributed by atoms with Gasteiger partial charge >= 0.3 is 15.9 Å². The lowest BCUT2D eigenvalue weighted by molar-refractivity contribution is 0.330. The quantitative estimate of drug-likeness (QED) is 0.165. The summed E-state index contributed by atoms with van der Waals surface area (Å²) in [5.41, 5.74) is 2.63. The van der Waals surface area contributed by atoms with Crippen molar-refractivity contribution < 1.29 is 32.6 Å². The molecule has 3 aromatic carbocycles. The number of piperidine rings is 1. The second-order valence-electron chi connectivity index (χ2n) is 11.3. The highest BCUT2D eigenvalue weighted by atomic mass is 32.5. The highest BCUT2D eigenvalue weighted by molar-refractivity contribution is 8.45. The topological polar surface area (TPSA) is 97.9 Å². The summed E-state index contributed by atoms with van der Waals surface area (Å²) in [6.45, 7) is 0.591. The van der Waals surface area contributed by atoms with Crippen LogP contribution in [0.15, 0.2) is 106 Å². The molecule has 0 aliphatic carbocycles. The Morgan fingerprint density at radius 1 is 0.851 bits per heavy atom. The van der Waals surface area contributed by atoms with Crippen LogP contribution in [0, 0.1) is 0 Å². The van der Waals surface area contributed by atoms with Crippen LogP contribution < -0.4 is 15.7 Å². The van der Waals surface area contributed by atoms with Gasteiger partial charge in [0.15, 0.2) is 5.65 Å². The fourth-order valence-corrected chi connectivity index (χ4v) is 7.57. The summed E-state index contributed by atoms with van der Waals surface area (Å²) in [6.07, 6.45) is 2.38. The molecule has 1 fully saturated rings. The van der Waals surface area contributed by atoms with E-state index in [4.69, 9.17) is 4.74 Å². The molecule has 6 rings (SSSR count). The average Bonchev–Trinajstić information content (AvgIpc) is 3.34. The van der Waals surface area contributed by atoms with E-state index in [9.17, 15) is 32.6 Å². The minimum atomic E-state index is -9.75. The largest absolute Gasteiger partial charge is 0.497 e. The van der Waals surface area contributed by atoms with E-state index in [1.165, 1.54) is 25.5 Å². The summed E-state index contributed by atoms with van der Waals surface area (Å²) < 4.78 is 101. The normalized spacial score (nSPS) is 16.5. The van der Waals surface area contributed by atoms with Crippen LogP contribution in [-0.2, 0) is 16.6 Å². The van der Waals surface area contributed by atoms with Crippen molar-refractivity contribution >= 4 is 31.6 Å². The first-order valence-electron chi connectivity index (χ1n) is 14.4. The highest BCUT2D eigenvalue weighted by Gasteiger charge is 2.65. The van der Waals surface area contributed by atoms with E-state index in [1.807, 2.05) is 12.1 Å². The van der Waals surface area contributed by atoms with Crippen molar-refractivity contribution in [2.45, 2.75) is 35.2 Å². The smallest absolute Gasteiger partial charge is 0.350 e. The summed E-state index contributed by atoms with van der Waals surface area (Å²) >= 11 is 0. The molecule has 47 heavy (non-hydrogen) atoms. The lowest BCUT2D eigenvalue weighted by Crippen LogP contribution is -2.42. The number of aromatic nitrogens is 3. The number of rotatable bonds is 9. The maximum atomic E-state index is 13.4. The van der Waals surface area contributed by atoms with Crippen LogP contribution >= 0.6 is 10.2 Å². The van der Waals surface area contributed by atoms with Gasteiger partial charge in [-0.2, -0.15) is 4.31 Å². The van der Waals surface area contributed by atoms with Gasteiger partial charge in [0.05, 0.1) is 18.6 Å². The molecule has 9 nitrogen and oxygen atoms in total. The van der Waals surface area contributed by atoms with Crippen molar-refractivity contribution in [1.29, 1.82) is 0 Å². The third kappa shape index (κ3) is 6.99. The summed E-state index contributed by atoms with van der Waals surface area (Å²) in [5, 5.41) is 7.41. The van der Waals surface area contributed by atoms with E-state index in [0.717, 1.165) is 17.7 Å². The van der Waals surface area contributed by atoms with E-state index in [1.54, 1.807) is 49.7 Å². The highest BCUT2D eigenvalue weighted by Crippen LogP contribution is 3.02. The van der Waals surface area contributed by atoms with E-state index < -0.39 is 25.1 Å². The molecule has 0 saturated carbocycles. The number of pyridine rings is 1. The third-order valence-electron chi connectivity index (χ3n) is 8.02. The monoisotopic (exact) mass is 695 g/mol. The first kappa shape index (κ1) is 32.5. The fraction of sp³-hybridized carbons (Fsp3) is 0.226. The van der Waals surface area contributed by atoms with Gasteiger partial charge in [0.2, 0.25) is 10.0 Å². The molecule has 0 atom stereocenters. The molecule has 16 heteroatoms. The van der Waals surface area contributed by atoms with Crippen LogP contribution in [-0.4, -0.2) is 53.1 Å². The Hall–Kier alpha value is -4.41. The van der Waals surface area contributed by atoms with Gasteiger partial charge in [0.25, 0.3) is 0 Å². The van der Waals surface area contributed by atoms with Crippen LogP contribution in [0.2, 0.25) is 0 Å². The zero-order chi connectivity index (χ0) is 33.7. The van der Waals surface area contributed by atoms with E-state index in [0.29, 0.717) is 47.5 Å². The molecule has 0 spiro atoms. The van der Waals surface area contributed by atoms with Gasteiger partial charge in [-0.25, -0.2) is 22.3 Å². The molecule has 250 valence electrons. The van der Waals surface area contributed by atoms with Crippen molar-refractivity contribution in [1.82, 2.24) is 18.5 Å². The SMILES string of the molecule is COc1ccc(Cn2nc3ccc(-c4ccc(S(=O)(=O)N5CCC(Nc6ccc(S(F)(F)(F)(F)F)cc6)CC5)cc4)cn3c2=O)cc1. The van der Waals surface area contributed by atoms with E-state index in [-0.39, 0.29) is 41.9 Å². The van der Waals surface area contributed by atoms with Crippen molar-refractivity contribution in [3.8, 4) is 16.9 Å². The van der Waals surface area contributed by atoms with Gasteiger partial charge in [-0.1, -0.05) is 43.7 Å². The lowest BCUT2D eigenvalue weighted by atomic mass is 10.1. The third-order valence-corrected chi connectivity index (χ3v) is 11.1. The zero-order valence-electron chi connectivity index (χ0n) is 24.9. The second-order valence-corrected chi connectivity index (χ2v) is 15.6. The maximum Gasteiger partial charge on any atom is 0.350 e. The molecule has 0 bridgehead atoms. The summed E-state index contributed by atoms with van der Waals surface area (Å²) in [6, 6.07) is 19.5. The van der Waals surface area contributed by atoms with Crippen molar-refractivity contribution in [2.75, 3.05) is 25.5 Å². The number of nitrogens with one attached hydrogen (secondary N) is 1. The van der Waals surface area contributed by atoms with Crippen LogP contribution in [0.3, 0.4) is 0 Å². The molecule has 2 aromatic heterocycles. The molecule has 0 amide bonds. The number of nitrogens with zero attached hydrogens (tertiary/aromatic N) is 4. The van der Waals surface area contributed by atoms with Gasteiger partial charge in [0, 0.05) is 31.0 Å². The number of fused-ring (bicyclic) bond motifs is 1. The van der Waals surface area contributed by atoms with Gasteiger partial charge < -0.3 is 10.1 Å². The minimum absolute atomic E-state index is 0.0878. The molecule has 1 saturated heterocycles. The number of ether oxygens (including phenoxy) is 1. The molecule has 1 N–H and O–H groups in total. The number of hydrogen-bond donors (Lipinski definition) is 1. The minimum Gasteiger partial charge on any atom is -0.497 e. The van der Waals surface area contributed by atoms with Crippen LogP contribution in [0.25, 0.3) is 16.8 Å². The Kier molecular flexibility index (Phi) is 7.68. The number of halogens is 5. The Labute approximate surface area is 267 Å². The summed E-state index contributed by atoms with van der Waals surface area (Å²) in [5.74, 6) is 0.706. The molecule has 0 radical (unpaired) electrons. The molecule has 5 aromatic rings. The standard InChI is InChI=1S/C31H30F5N5O4S2/c1-45-27-9-2-22(3-10-27)20-41-31(42)40-21-24(6-15-30(40)38-41)23-4-11-28(12-5-23)46(43,44)39-18-16-26(17-19-39)37-25-7-13-29(14-8-25)47(32,33,34,35)36/h2-15,21,26,37H,16-20H2,1H3. The van der Waals surface area contributed by atoms with Crippen molar-refractivity contribution in [3.63, 3.8) is 0 Å². The van der Waals surface area contributed by atoms with Crippen LogP contribution in [0.5, 0.6) is 5.75 Å². The molecule has 3 heterocycles. The van der Waals surface area contributed by atoms with E-state index >= 15 is 0 Å². The first-order valence-corrected chi connectivity index (χ1v) is 17.8. The number of sulfonamides is 1. The fourth-order valence-electron chi connectivity index (χ4n) is 5.45. The number of hydrogen-bond acceptors (Lipinski definition) is 6.